The maximum Gasteiger partial charge on any atom is 0.245 e. The Morgan fingerprint density at radius 2 is 1.22 bits per heavy atom. The Kier molecular flexibility index (Phi) is 34.7. The number of nitrogens with one attached hydrogen (secondary N) is 1. The van der Waals surface area contributed by atoms with Crippen molar-refractivity contribution in [2.24, 2.45) is 0 Å². The summed E-state index contributed by atoms with van der Waals surface area (Å²) in [6.45, 7) is 14.6. The Morgan fingerprint density at radius 1 is 0.739 bits per heavy atom. The molecule has 0 rings (SSSR count). The third-order valence-corrected chi connectivity index (χ3v) is 2.66. The van der Waals surface area contributed by atoms with E-state index >= 15 is 0 Å². The molecule has 0 fully saturated rings. The third kappa shape index (κ3) is 38.8. The maximum atomic E-state index is 10.3. The molecule has 0 aromatic heterocycles. The number of hydrogen-bond acceptors (Lipinski definition) is 4. The minimum Gasteiger partial charge on any atom is -0.382 e. The summed E-state index contributed by atoms with van der Waals surface area (Å²) in [5.41, 5.74) is 0. The Morgan fingerprint density at radius 3 is 1.61 bits per heavy atom. The number of carbonyl (C=O) groups excluding carboxylic acids is 1. The van der Waals surface area contributed by atoms with E-state index in [-0.39, 0.29) is 12.5 Å². The van der Waals surface area contributed by atoms with Gasteiger partial charge in [0.1, 0.15) is 6.61 Å². The van der Waals surface area contributed by atoms with Gasteiger partial charge in [-0.25, -0.2) is 0 Å². The van der Waals surface area contributed by atoms with Gasteiger partial charge in [0.25, 0.3) is 0 Å². The molecule has 0 bridgehead atoms. The second kappa shape index (κ2) is 29.4. The van der Waals surface area contributed by atoms with Crippen molar-refractivity contribution in [2.75, 3.05) is 46.7 Å². The van der Waals surface area contributed by atoms with Crippen LogP contribution < -0.4 is 5.32 Å². The quantitative estimate of drug-likeness (QED) is 0.551. The predicted octanol–water partition coefficient (Wildman–Crippen LogP) is 3.81. The molecule has 0 radical (unpaired) electrons. The largest absolute Gasteiger partial charge is 0.382 e. The first-order valence-corrected chi connectivity index (χ1v) is 9.08. The summed E-state index contributed by atoms with van der Waals surface area (Å²) in [7, 11) is 1.58. The van der Waals surface area contributed by atoms with Gasteiger partial charge in [-0.05, 0) is 33.6 Å². The van der Waals surface area contributed by atoms with E-state index in [9.17, 15) is 4.79 Å². The first kappa shape index (κ1) is 27.2. The van der Waals surface area contributed by atoms with Gasteiger partial charge in [0, 0.05) is 40.1 Å². The molecule has 0 aromatic carbocycles. The van der Waals surface area contributed by atoms with Crippen molar-refractivity contribution in [3.63, 3.8) is 0 Å². The molecule has 0 aliphatic carbocycles. The monoisotopic (exact) mass is 335 g/mol. The normalized spacial score (nSPS) is 9.30. The Balaban J connectivity index is -0.000000262. The fourth-order valence-corrected chi connectivity index (χ4v) is 1.26. The summed E-state index contributed by atoms with van der Waals surface area (Å²) < 4.78 is 15.0. The number of ether oxygens (including phenoxy) is 3. The van der Waals surface area contributed by atoms with Gasteiger partial charge in [0.15, 0.2) is 0 Å². The molecule has 0 aliphatic rings. The highest BCUT2D eigenvalue weighted by molar-refractivity contribution is 5.76. The molecule has 5 heteroatoms. The summed E-state index contributed by atoms with van der Waals surface area (Å²) in [6.07, 6.45) is 6.26. The topological polar surface area (TPSA) is 56.8 Å². The summed E-state index contributed by atoms with van der Waals surface area (Å²) in [5.74, 6) is -0.0770. The fraction of sp³-hybridized carbons (Fsp3) is 0.944. The van der Waals surface area contributed by atoms with Crippen LogP contribution in [0.3, 0.4) is 0 Å². The molecule has 142 valence electrons. The number of likely N-dealkylation sites (N-methyl/N-ethyl adjacent to an activating group) is 1. The average Bonchev–Trinajstić information content (AvgIpc) is 2.58. The van der Waals surface area contributed by atoms with Crippen molar-refractivity contribution in [3.05, 3.63) is 0 Å². The van der Waals surface area contributed by atoms with Crippen molar-refractivity contribution < 1.29 is 19.0 Å². The van der Waals surface area contributed by atoms with Gasteiger partial charge in [-0.3, -0.25) is 4.79 Å². The molecule has 0 heterocycles. The number of unbranched alkanes of at least 4 members (excludes halogenated alkanes) is 3. The highest BCUT2D eigenvalue weighted by Crippen LogP contribution is 1.92. The van der Waals surface area contributed by atoms with Gasteiger partial charge >= 0.3 is 0 Å². The molecule has 5 nitrogen and oxygen atoms in total. The highest BCUT2D eigenvalue weighted by Gasteiger charge is 1.92. The highest BCUT2D eigenvalue weighted by atomic mass is 16.5. The lowest BCUT2D eigenvalue weighted by Crippen LogP contribution is -2.23. The van der Waals surface area contributed by atoms with Crippen molar-refractivity contribution in [2.45, 2.75) is 66.7 Å². The van der Waals surface area contributed by atoms with Crippen molar-refractivity contribution >= 4 is 5.91 Å². The fourth-order valence-electron chi connectivity index (χ4n) is 1.26. The van der Waals surface area contributed by atoms with Crippen molar-refractivity contribution in [1.82, 2.24) is 5.32 Å². The minimum absolute atomic E-state index is 0.0770. The van der Waals surface area contributed by atoms with Crippen LogP contribution in [0, 0.1) is 0 Å². The molecule has 1 N–H and O–H groups in total. The van der Waals surface area contributed by atoms with Crippen LogP contribution in [0.1, 0.15) is 66.7 Å². The first-order valence-electron chi connectivity index (χ1n) is 9.08. The van der Waals surface area contributed by atoms with Gasteiger partial charge in [-0.1, -0.05) is 33.1 Å². The van der Waals surface area contributed by atoms with Gasteiger partial charge in [0.2, 0.25) is 5.91 Å². The minimum atomic E-state index is -0.0770. The second-order valence-corrected chi connectivity index (χ2v) is 4.76. The van der Waals surface area contributed by atoms with Gasteiger partial charge in [-0.2, -0.15) is 0 Å². The third-order valence-electron chi connectivity index (χ3n) is 2.66. The van der Waals surface area contributed by atoms with E-state index in [1.165, 1.54) is 32.1 Å². The molecule has 1 amide bonds. The molecule has 0 saturated carbocycles. The molecule has 0 aromatic rings. The van der Waals surface area contributed by atoms with Gasteiger partial charge in [-0.15, -0.1) is 0 Å². The van der Waals surface area contributed by atoms with Crippen LogP contribution in [-0.4, -0.2) is 52.6 Å². The van der Waals surface area contributed by atoms with E-state index in [0.29, 0.717) is 6.61 Å². The van der Waals surface area contributed by atoms with Crippen LogP contribution >= 0.6 is 0 Å². The lowest BCUT2D eigenvalue weighted by Gasteiger charge is -1.96. The molecular weight excluding hydrogens is 294 g/mol. The van der Waals surface area contributed by atoms with Crippen LogP contribution in [0.15, 0.2) is 0 Å². The van der Waals surface area contributed by atoms with Crippen LogP contribution in [0.2, 0.25) is 0 Å². The summed E-state index contributed by atoms with van der Waals surface area (Å²) in [5, 5.41) is 2.44. The van der Waals surface area contributed by atoms with Crippen LogP contribution in [0.5, 0.6) is 0 Å². The van der Waals surface area contributed by atoms with Gasteiger partial charge < -0.3 is 19.5 Å². The second-order valence-electron chi connectivity index (χ2n) is 4.76. The zero-order chi connectivity index (χ0) is 18.2. The number of carbonyl (C=O) groups is 1. The van der Waals surface area contributed by atoms with Crippen molar-refractivity contribution in [1.29, 1.82) is 0 Å². The van der Waals surface area contributed by atoms with Crippen LogP contribution in [0.25, 0.3) is 0 Å². The van der Waals surface area contributed by atoms with E-state index in [4.69, 9.17) is 14.2 Å². The lowest BCUT2D eigenvalue weighted by atomic mass is 10.3. The standard InChI is InChI=1S/C7H16O.C6H14O.C5H11NO2/c1-3-5-6-7-8-4-2;1-3-5-6-7-4-2;1-3-8-4-5(7)6-2/h3-7H2,1-2H3;3-6H2,1-2H3;3-4H2,1-2H3,(H,6,7). The smallest absolute Gasteiger partial charge is 0.245 e. The molecule has 0 aliphatic heterocycles. The zero-order valence-electron chi connectivity index (χ0n) is 16.4. The number of rotatable bonds is 12. The summed E-state index contributed by atoms with van der Waals surface area (Å²) >= 11 is 0. The van der Waals surface area contributed by atoms with Gasteiger partial charge in [0.05, 0.1) is 0 Å². The Labute approximate surface area is 144 Å². The molecule has 0 atom stereocenters. The molecule has 0 unspecified atom stereocenters. The maximum absolute atomic E-state index is 10.3. The number of hydrogen-bond donors (Lipinski definition) is 1. The Hall–Kier alpha value is -0.650. The zero-order valence-corrected chi connectivity index (χ0v) is 16.4. The SMILES string of the molecule is CCCCCOCC.CCCCOCC.CCOCC(=O)NC. The first-order chi connectivity index (χ1) is 11.1. The molecule has 23 heavy (non-hydrogen) atoms. The molecular formula is C18H41NO4. The van der Waals surface area contributed by atoms with E-state index < -0.39 is 0 Å². The van der Waals surface area contributed by atoms with E-state index in [1.807, 2.05) is 20.8 Å². The number of amides is 1. The van der Waals surface area contributed by atoms with E-state index in [1.54, 1.807) is 7.05 Å². The average molecular weight is 336 g/mol. The molecule has 0 saturated heterocycles. The lowest BCUT2D eigenvalue weighted by molar-refractivity contribution is -0.125. The predicted molar refractivity (Wildman–Crippen MR) is 98.0 cm³/mol. The van der Waals surface area contributed by atoms with Crippen molar-refractivity contribution in [3.8, 4) is 0 Å². The van der Waals surface area contributed by atoms with Crippen LogP contribution in [-0.2, 0) is 19.0 Å². The summed E-state index contributed by atoms with van der Waals surface area (Å²) in [6, 6.07) is 0. The summed E-state index contributed by atoms with van der Waals surface area (Å²) in [4.78, 5) is 10.3. The van der Waals surface area contributed by atoms with E-state index in [2.05, 4.69) is 19.2 Å². The Bertz CT molecular complexity index is 191. The van der Waals surface area contributed by atoms with E-state index in [0.717, 1.165) is 26.4 Å². The molecule has 0 spiro atoms. The van der Waals surface area contributed by atoms with Crippen LogP contribution in [0.4, 0.5) is 0 Å².